The van der Waals surface area contributed by atoms with Crippen LogP contribution in [0.1, 0.15) is 0 Å². The van der Waals surface area contributed by atoms with Crippen LogP contribution < -0.4 is 0 Å². The van der Waals surface area contributed by atoms with E-state index in [2.05, 4.69) is 0 Å². The van der Waals surface area contributed by atoms with Crippen LogP contribution in [0.25, 0.3) is 0 Å². The number of methoxy groups -OCH3 is 4. The first-order valence-corrected chi connectivity index (χ1v) is 3.58. The molecule has 0 unspecified atom stereocenters. The predicted molar refractivity (Wildman–Crippen MR) is 44.8 cm³/mol. The zero-order valence-electron chi connectivity index (χ0n) is 7.94. The van der Waals surface area contributed by atoms with Gasteiger partial charge in [0.05, 0.1) is 0 Å². The quantitative estimate of drug-likeness (QED) is 0.442. The fraction of sp³-hybridized carbons (Fsp3) is 0.750. The monoisotopic (exact) mass is 176 g/mol. The standard InChI is InChI=1S/C8H16O4/c1-9-7(10-2)5-6-8(11-3)12-4/h5-8H,1-4H3/b6-5+. The maximum absolute atomic E-state index is 4.92. The third kappa shape index (κ3) is 4.46. The van der Waals surface area contributed by atoms with Gasteiger partial charge in [0.25, 0.3) is 0 Å². The van der Waals surface area contributed by atoms with E-state index in [9.17, 15) is 0 Å². The minimum atomic E-state index is -0.349. The summed E-state index contributed by atoms with van der Waals surface area (Å²) in [7, 11) is 6.25. The van der Waals surface area contributed by atoms with Crippen LogP contribution in [-0.4, -0.2) is 41.0 Å². The molecule has 0 N–H and O–H groups in total. The Kier molecular flexibility index (Phi) is 6.99. The van der Waals surface area contributed by atoms with E-state index >= 15 is 0 Å². The Morgan fingerprint density at radius 2 is 0.917 bits per heavy atom. The second-order valence-electron chi connectivity index (χ2n) is 2.06. The van der Waals surface area contributed by atoms with E-state index in [-0.39, 0.29) is 12.6 Å². The van der Waals surface area contributed by atoms with E-state index in [4.69, 9.17) is 18.9 Å². The minimum absolute atomic E-state index is 0.349. The summed E-state index contributed by atoms with van der Waals surface area (Å²) in [6, 6.07) is 0. The summed E-state index contributed by atoms with van der Waals surface area (Å²) in [5, 5.41) is 0. The Hall–Kier alpha value is -0.420. The van der Waals surface area contributed by atoms with Crippen LogP contribution in [0.5, 0.6) is 0 Å². The molecule has 0 saturated carbocycles. The molecule has 0 amide bonds. The highest BCUT2D eigenvalue weighted by Gasteiger charge is 2.01. The fourth-order valence-corrected chi connectivity index (χ4v) is 0.688. The molecule has 0 rings (SSSR count). The third-order valence-electron chi connectivity index (χ3n) is 1.35. The fourth-order valence-electron chi connectivity index (χ4n) is 0.688. The number of hydrogen-bond acceptors (Lipinski definition) is 4. The zero-order valence-corrected chi connectivity index (χ0v) is 7.94. The molecular formula is C8H16O4. The van der Waals surface area contributed by atoms with E-state index in [1.54, 1.807) is 40.6 Å². The van der Waals surface area contributed by atoms with Crippen molar-refractivity contribution in [1.29, 1.82) is 0 Å². The molecular weight excluding hydrogens is 160 g/mol. The van der Waals surface area contributed by atoms with Gasteiger partial charge in [-0.25, -0.2) is 0 Å². The largest absolute Gasteiger partial charge is 0.352 e. The van der Waals surface area contributed by atoms with Crippen molar-refractivity contribution < 1.29 is 18.9 Å². The molecule has 0 bridgehead atoms. The number of ether oxygens (including phenoxy) is 4. The lowest BCUT2D eigenvalue weighted by atomic mass is 10.4. The smallest absolute Gasteiger partial charge is 0.176 e. The van der Waals surface area contributed by atoms with Crippen LogP contribution in [0.3, 0.4) is 0 Å². The molecule has 4 nitrogen and oxygen atoms in total. The summed E-state index contributed by atoms with van der Waals surface area (Å²) in [4.78, 5) is 0. The van der Waals surface area contributed by atoms with Crippen LogP contribution in [0, 0.1) is 0 Å². The van der Waals surface area contributed by atoms with E-state index in [1.807, 2.05) is 0 Å². The molecule has 0 fully saturated rings. The normalized spacial score (nSPS) is 12.2. The van der Waals surface area contributed by atoms with Crippen LogP contribution in [0.2, 0.25) is 0 Å². The third-order valence-corrected chi connectivity index (χ3v) is 1.35. The van der Waals surface area contributed by atoms with E-state index in [0.717, 1.165) is 0 Å². The Morgan fingerprint density at radius 3 is 1.08 bits per heavy atom. The van der Waals surface area contributed by atoms with Crippen molar-refractivity contribution in [3.63, 3.8) is 0 Å². The maximum atomic E-state index is 4.92. The Labute approximate surface area is 73.1 Å². The lowest BCUT2D eigenvalue weighted by Crippen LogP contribution is -2.13. The van der Waals surface area contributed by atoms with Crippen molar-refractivity contribution in [1.82, 2.24) is 0 Å². The van der Waals surface area contributed by atoms with E-state index in [0.29, 0.717) is 0 Å². The van der Waals surface area contributed by atoms with Crippen molar-refractivity contribution in [3.8, 4) is 0 Å². The molecule has 0 aromatic carbocycles. The van der Waals surface area contributed by atoms with Crippen molar-refractivity contribution in [2.45, 2.75) is 12.6 Å². The first-order valence-electron chi connectivity index (χ1n) is 3.58. The molecule has 0 aliphatic rings. The average molecular weight is 176 g/mol. The molecule has 12 heavy (non-hydrogen) atoms. The van der Waals surface area contributed by atoms with Crippen LogP contribution in [0.4, 0.5) is 0 Å². The van der Waals surface area contributed by atoms with Gasteiger partial charge in [0.1, 0.15) is 0 Å². The highest BCUT2D eigenvalue weighted by atomic mass is 16.7. The van der Waals surface area contributed by atoms with E-state index < -0.39 is 0 Å². The van der Waals surface area contributed by atoms with Crippen molar-refractivity contribution in [2.75, 3.05) is 28.4 Å². The Morgan fingerprint density at radius 1 is 0.667 bits per heavy atom. The Balaban J connectivity index is 3.83. The van der Waals surface area contributed by atoms with Crippen LogP contribution in [-0.2, 0) is 18.9 Å². The summed E-state index contributed by atoms with van der Waals surface area (Å²) in [5.74, 6) is 0. The van der Waals surface area contributed by atoms with E-state index in [1.165, 1.54) is 0 Å². The summed E-state index contributed by atoms with van der Waals surface area (Å²) in [5.41, 5.74) is 0. The highest BCUT2D eigenvalue weighted by molar-refractivity contribution is 4.87. The molecule has 0 aliphatic carbocycles. The molecule has 4 heteroatoms. The maximum Gasteiger partial charge on any atom is 0.176 e. The number of hydrogen-bond donors (Lipinski definition) is 0. The van der Waals surface area contributed by atoms with Crippen molar-refractivity contribution in [2.24, 2.45) is 0 Å². The summed E-state index contributed by atoms with van der Waals surface area (Å²) in [6.07, 6.45) is 2.74. The second-order valence-corrected chi connectivity index (χ2v) is 2.06. The van der Waals surface area contributed by atoms with Gasteiger partial charge in [-0.3, -0.25) is 0 Å². The average Bonchev–Trinajstić information content (AvgIpc) is 2.13. The molecule has 0 spiro atoms. The molecule has 0 aliphatic heterocycles. The second kappa shape index (κ2) is 7.24. The highest BCUT2D eigenvalue weighted by Crippen LogP contribution is 1.98. The van der Waals surface area contributed by atoms with Gasteiger partial charge in [-0.2, -0.15) is 0 Å². The van der Waals surface area contributed by atoms with Gasteiger partial charge < -0.3 is 18.9 Å². The molecule has 0 aromatic heterocycles. The van der Waals surface area contributed by atoms with Gasteiger partial charge in [0.15, 0.2) is 12.6 Å². The lowest BCUT2D eigenvalue weighted by molar-refractivity contribution is -0.0789. The SMILES string of the molecule is COC(/C=C/C(OC)OC)OC. The molecule has 0 heterocycles. The summed E-state index contributed by atoms with van der Waals surface area (Å²) >= 11 is 0. The molecule has 72 valence electrons. The van der Waals surface area contributed by atoms with Crippen molar-refractivity contribution >= 4 is 0 Å². The van der Waals surface area contributed by atoms with Crippen molar-refractivity contribution in [3.05, 3.63) is 12.2 Å². The van der Waals surface area contributed by atoms with Gasteiger partial charge in [-0.15, -0.1) is 0 Å². The molecule has 0 aromatic rings. The molecule has 0 atom stereocenters. The Bertz CT molecular complexity index is 102. The summed E-state index contributed by atoms with van der Waals surface area (Å²) in [6.45, 7) is 0. The van der Waals surface area contributed by atoms with Gasteiger partial charge in [-0.05, 0) is 12.2 Å². The minimum Gasteiger partial charge on any atom is -0.352 e. The molecule has 0 radical (unpaired) electrons. The topological polar surface area (TPSA) is 36.9 Å². The summed E-state index contributed by atoms with van der Waals surface area (Å²) < 4.78 is 19.7. The van der Waals surface area contributed by atoms with Gasteiger partial charge in [0, 0.05) is 28.4 Å². The lowest BCUT2D eigenvalue weighted by Gasteiger charge is -2.11. The first-order chi connectivity index (χ1) is 5.78. The van der Waals surface area contributed by atoms with Crippen LogP contribution in [0.15, 0.2) is 12.2 Å². The van der Waals surface area contributed by atoms with Gasteiger partial charge >= 0.3 is 0 Å². The number of rotatable bonds is 6. The zero-order chi connectivity index (χ0) is 9.40. The van der Waals surface area contributed by atoms with Gasteiger partial charge in [0.2, 0.25) is 0 Å². The molecule has 0 saturated heterocycles. The first kappa shape index (κ1) is 11.6. The van der Waals surface area contributed by atoms with Crippen LogP contribution >= 0.6 is 0 Å². The predicted octanol–water partition coefficient (Wildman–Crippen LogP) is 0.780. The van der Waals surface area contributed by atoms with Gasteiger partial charge in [-0.1, -0.05) is 0 Å².